The minimum Gasteiger partial charge on any atom is -0.433 e. The van der Waals surface area contributed by atoms with E-state index < -0.39 is 56.6 Å². The predicted molar refractivity (Wildman–Crippen MR) is 104 cm³/mol. The van der Waals surface area contributed by atoms with E-state index in [-0.39, 0.29) is 10.7 Å². The summed E-state index contributed by atoms with van der Waals surface area (Å²) in [5, 5.41) is 13.7. The highest BCUT2D eigenvalue weighted by molar-refractivity contribution is 6.40. The van der Waals surface area contributed by atoms with Crippen molar-refractivity contribution in [3.05, 3.63) is 26.8 Å². The number of anilines is 2. The fraction of sp³-hybridized carbons (Fsp3) is 0.444. The van der Waals surface area contributed by atoms with E-state index in [1.165, 1.54) is 34.6 Å². The van der Waals surface area contributed by atoms with Crippen LogP contribution in [0, 0.1) is 15.5 Å². The maximum Gasteiger partial charge on any atom is 0.422 e. The van der Waals surface area contributed by atoms with Gasteiger partial charge in [-0.1, -0.05) is 32.4 Å². The standard InChI is InChI=1S/C18H20ClN3O7/c1-8(23)20-9-7-10(22(27)28)11(14(24)17(2,3)4)13(12(9)19)21-15(25)18(5,6)29-16(21)26/h7H,1-6H3,(H,20,23). The molecule has 1 aromatic carbocycles. The number of carbonyl (C=O) groups excluding carboxylic acids is 4. The number of amides is 3. The second kappa shape index (κ2) is 7.11. The van der Waals surface area contributed by atoms with Crippen molar-refractivity contribution >= 4 is 52.4 Å². The molecule has 0 atom stereocenters. The Bertz CT molecular complexity index is 963. The average Bonchev–Trinajstić information content (AvgIpc) is 2.74. The lowest BCUT2D eigenvalue weighted by Crippen LogP contribution is -2.38. The molecule has 3 amide bonds. The van der Waals surface area contributed by atoms with Gasteiger partial charge in [0.2, 0.25) is 5.91 Å². The van der Waals surface area contributed by atoms with E-state index in [0.29, 0.717) is 4.90 Å². The predicted octanol–water partition coefficient (Wildman–Crippen LogP) is 3.70. The van der Waals surface area contributed by atoms with Gasteiger partial charge in [-0.2, -0.15) is 0 Å². The van der Waals surface area contributed by atoms with E-state index in [1.54, 1.807) is 0 Å². The van der Waals surface area contributed by atoms with E-state index in [4.69, 9.17) is 16.3 Å². The molecule has 29 heavy (non-hydrogen) atoms. The molecule has 2 rings (SSSR count). The van der Waals surface area contributed by atoms with Crippen molar-refractivity contribution < 1.29 is 28.8 Å². The number of carbonyl (C=O) groups is 4. The smallest absolute Gasteiger partial charge is 0.422 e. The maximum atomic E-state index is 13.1. The lowest BCUT2D eigenvalue weighted by Gasteiger charge is -2.24. The van der Waals surface area contributed by atoms with E-state index in [9.17, 15) is 29.3 Å². The first-order valence-electron chi connectivity index (χ1n) is 8.50. The van der Waals surface area contributed by atoms with Gasteiger partial charge in [-0.05, 0) is 13.8 Å². The number of cyclic esters (lactones) is 1. The number of Topliss-reactive ketones (excluding diaryl/α,β-unsaturated/α-hetero) is 1. The van der Waals surface area contributed by atoms with Crippen LogP contribution in [0.1, 0.15) is 51.9 Å². The number of nitro groups is 1. The number of nitrogens with one attached hydrogen (secondary N) is 1. The molecular formula is C18H20ClN3O7. The van der Waals surface area contributed by atoms with Gasteiger partial charge in [0, 0.05) is 18.4 Å². The molecular weight excluding hydrogens is 406 g/mol. The molecule has 0 saturated carbocycles. The van der Waals surface area contributed by atoms with Crippen molar-refractivity contribution in [1.82, 2.24) is 0 Å². The number of hydrogen-bond acceptors (Lipinski definition) is 7. The van der Waals surface area contributed by atoms with Crippen molar-refractivity contribution in [3.63, 3.8) is 0 Å². The highest BCUT2D eigenvalue weighted by Gasteiger charge is 2.51. The number of ether oxygens (including phenoxy) is 1. The molecule has 0 bridgehead atoms. The van der Waals surface area contributed by atoms with Crippen LogP contribution in [0.25, 0.3) is 0 Å². The SMILES string of the molecule is CC(=O)Nc1cc([N+](=O)[O-])c(C(=O)C(C)(C)C)c(N2C(=O)OC(C)(C)C2=O)c1Cl. The molecule has 0 aromatic heterocycles. The first-order valence-corrected chi connectivity index (χ1v) is 8.88. The van der Waals surface area contributed by atoms with Crippen molar-refractivity contribution in [2.75, 3.05) is 10.2 Å². The van der Waals surface area contributed by atoms with E-state index in [2.05, 4.69) is 5.32 Å². The molecule has 1 aliphatic rings. The Morgan fingerprint density at radius 2 is 1.83 bits per heavy atom. The number of nitrogens with zero attached hydrogens (tertiary/aromatic N) is 2. The molecule has 0 radical (unpaired) electrons. The number of benzene rings is 1. The topological polar surface area (TPSA) is 136 Å². The molecule has 1 N–H and O–H groups in total. The van der Waals surface area contributed by atoms with Gasteiger partial charge < -0.3 is 10.1 Å². The second-order valence-electron chi connectivity index (χ2n) is 8.02. The van der Waals surface area contributed by atoms with Gasteiger partial charge in [0.1, 0.15) is 5.56 Å². The Labute approximate surface area is 171 Å². The maximum absolute atomic E-state index is 13.1. The number of imide groups is 1. The summed E-state index contributed by atoms with van der Waals surface area (Å²) in [6.07, 6.45) is -1.14. The molecule has 0 aliphatic carbocycles. The summed E-state index contributed by atoms with van der Waals surface area (Å²) in [5.41, 5.74) is -4.63. The van der Waals surface area contributed by atoms with Crippen molar-refractivity contribution in [3.8, 4) is 0 Å². The number of nitro benzene ring substituents is 1. The molecule has 156 valence electrons. The summed E-state index contributed by atoms with van der Waals surface area (Å²) in [6, 6.07) is 0.920. The Kier molecular flexibility index (Phi) is 5.46. The molecule has 0 unspecified atom stereocenters. The Morgan fingerprint density at radius 3 is 2.21 bits per heavy atom. The monoisotopic (exact) mass is 425 g/mol. The van der Waals surface area contributed by atoms with Crippen LogP contribution in [0.3, 0.4) is 0 Å². The van der Waals surface area contributed by atoms with Gasteiger partial charge in [-0.25, -0.2) is 9.69 Å². The van der Waals surface area contributed by atoms with Gasteiger partial charge in [0.25, 0.3) is 11.6 Å². The fourth-order valence-electron chi connectivity index (χ4n) is 2.72. The molecule has 11 heteroatoms. The van der Waals surface area contributed by atoms with Gasteiger partial charge in [-0.15, -0.1) is 0 Å². The number of hydrogen-bond donors (Lipinski definition) is 1. The molecule has 1 saturated heterocycles. The highest BCUT2D eigenvalue weighted by Crippen LogP contribution is 2.46. The van der Waals surface area contributed by atoms with E-state index in [0.717, 1.165) is 13.0 Å². The van der Waals surface area contributed by atoms with Crippen LogP contribution in [-0.4, -0.2) is 34.2 Å². The van der Waals surface area contributed by atoms with E-state index in [1.807, 2.05) is 0 Å². The minimum absolute atomic E-state index is 0.225. The molecule has 10 nitrogen and oxygen atoms in total. The van der Waals surface area contributed by atoms with E-state index >= 15 is 0 Å². The summed E-state index contributed by atoms with van der Waals surface area (Å²) < 4.78 is 5.03. The third-order valence-corrected chi connectivity index (χ3v) is 4.48. The van der Waals surface area contributed by atoms with Gasteiger partial charge in [0.05, 0.1) is 21.3 Å². The zero-order valence-electron chi connectivity index (χ0n) is 16.7. The Balaban J connectivity index is 2.98. The first-order chi connectivity index (χ1) is 13.1. The normalized spacial score (nSPS) is 15.9. The van der Waals surface area contributed by atoms with Crippen LogP contribution in [0.5, 0.6) is 0 Å². The number of halogens is 1. The molecule has 1 fully saturated rings. The Hall–Kier alpha value is -3.01. The van der Waals surface area contributed by atoms with Crippen LogP contribution >= 0.6 is 11.6 Å². The number of ketones is 1. The summed E-state index contributed by atoms with van der Waals surface area (Å²) >= 11 is 6.34. The third-order valence-electron chi connectivity index (χ3n) is 4.10. The van der Waals surface area contributed by atoms with Gasteiger partial charge >= 0.3 is 6.09 Å². The fourth-order valence-corrected chi connectivity index (χ4v) is 3.00. The molecule has 1 aliphatic heterocycles. The lowest BCUT2D eigenvalue weighted by atomic mass is 9.84. The summed E-state index contributed by atoms with van der Waals surface area (Å²) in [4.78, 5) is 61.2. The Morgan fingerprint density at radius 1 is 1.28 bits per heavy atom. The lowest BCUT2D eigenvalue weighted by molar-refractivity contribution is -0.385. The minimum atomic E-state index is -1.57. The molecule has 0 spiro atoms. The average molecular weight is 426 g/mol. The summed E-state index contributed by atoms with van der Waals surface area (Å²) in [6.45, 7) is 8.37. The van der Waals surface area contributed by atoms with Crippen LogP contribution in [0.2, 0.25) is 5.02 Å². The van der Waals surface area contributed by atoms with Crippen LogP contribution in [0.15, 0.2) is 6.07 Å². The van der Waals surface area contributed by atoms with Crippen molar-refractivity contribution in [2.24, 2.45) is 5.41 Å². The number of rotatable bonds is 4. The zero-order valence-corrected chi connectivity index (χ0v) is 17.5. The largest absolute Gasteiger partial charge is 0.433 e. The van der Waals surface area contributed by atoms with Crippen molar-refractivity contribution in [2.45, 2.75) is 47.1 Å². The quantitative estimate of drug-likeness (QED) is 0.441. The highest BCUT2D eigenvalue weighted by atomic mass is 35.5. The summed E-state index contributed by atoms with van der Waals surface area (Å²) in [5.74, 6) is -2.18. The molecule has 1 aromatic rings. The van der Waals surface area contributed by atoms with Gasteiger partial charge in [0.15, 0.2) is 11.4 Å². The van der Waals surface area contributed by atoms with Crippen LogP contribution in [-0.2, 0) is 14.3 Å². The zero-order chi connectivity index (χ0) is 22.5. The van der Waals surface area contributed by atoms with Crippen molar-refractivity contribution in [1.29, 1.82) is 0 Å². The van der Waals surface area contributed by atoms with Crippen LogP contribution in [0.4, 0.5) is 21.9 Å². The summed E-state index contributed by atoms with van der Waals surface area (Å²) in [7, 11) is 0. The van der Waals surface area contributed by atoms with Gasteiger partial charge in [-0.3, -0.25) is 24.5 Å². The van der Waals surface area contributed by atoms with Crippen LogP contribution < -0.4 is 10.2 Å². The molecule has 1 heterocycles. The second-order valence-corrected chi connectivity index (χ2v) is 8.40. The first kappa shape index (κ1) is 22.3. The third kappa shape index (κ3) is 3.93.